The molecule has 0 atom stereocenters. The Labute approximate surface area is 115 Å². The van der Waals surface area contributed by atoms with Gasteiger partial charge in [0.2, 0.25) is 0 Å². The van der Waals surface area contributed by atoms with Gasteiger partial charge < -0.3 is 10.5 Å². The van der Waals surface area contributed by atoms with Crippen molar-refractivity contribution in [1.29, 1.82) is 0 Å². The lowest BCUT2D eigenvalue weighted by molar-refractivity contribution is -0.894. The number of hydrogen-bond acceptors (Lipinski definition) is 3. The molecule has 0 radical (unpaired) electrons. The van der Waals surface area contributed by atoms with Gasteiger partial charge in [-0.1, -0.05) is 4.73 Å². The molecule has 0 saturated heterocycles. The van der Waals surface area contributed by atoms with Crippen LogP contribution in [0.4, 0.5) is 15.9 Å². The van der Waals surface area contributed by atoms with Crippen LogP contribution >= 0.6 is 0 Å². The van der Waals surface area contributed by atoms with Gasteiger partial charge in [-0.2, -0.15) is 0 Å². The van der Waals surface area contributed by atoms with E-state index in [0.29, 0.717) is 17.1 Å². The monoisotopic (exact) mass is 276 g/mol. The summed E-state index contributed by atoms with van der Waals surface area (Å²) < 4.78 is 13.6. The van der Waals surface area contributed by atoms with Gasteiger partial charge in [0, 0.05) is 11.8 Å². The number of carbonyl (C=O) groups excluding carboxylic acids is 1. The molecule has 6 heteroatoms. The smallest absolute Gasteiger partial charge is 0.315 e. The van der Waals surface area contributed by atoms with Gasteiger partial charge in [0.1, 0.15) is 12.0 Å². The summed E-state index contributed by atoms with van der Waals surface area (Å²) in [6, 6.07) is 8.68. The Hall–Kier alpha value is -2.63. The van der Waals surface area contributed by atoms with Gasteiger partial charge >= 0.3 is 5.82 Å². The predicted molar refractivity (Wildman–Crippen MR) is 72.5 cm³/mol. The molecular weight excluding hydrogens is 261 g/mol. The molecule has 1 aromatic heterocycles. The molecule has 2 aromatic rings. The summed E-state index contributed by atoms with van der Waals surface area (Å²) in [6.45, 7) is 0. The van der Waals surface area contributed by atoms with Crippen LogP contribution < -0.4 is 14.9 Å². The predicted octanol–water partition coefficient (Wildman–Crippen LogP) is 1.67. The first-order valence-electron chi connectivity index (χ1n) is 5.96. The highest BCUT2D eigenvalue weighted by atomic mass is 19.1. The van der Waals surface area contributed by atoms with E-state index < -0.39 is 0 Å². The summed E-state index contributed by atoms with van der Waals surface area (Å²) in [5.74, 6) is -0.209. The Kier molecular flexibility index (Phi) is 3.84. The second-order valence-electron chi connectivity index (χ2n) is 4.48. The molecule has 0 fully saturated rings. The molecule has 0 spiro atoms. The lowest BCUT2D eigenvalue weighted by atomic mass is 10.2. The highest BCUT2D eigenvalue weighted by Gasteiger charge is 2.15. The van der Waals surface area contributed by atoms with Gasteiger partial charge in [-0.25, -0.2) is 4.39 Å². The summed E-state index contributed by atoms with van der Waals surface area (Å²) in [5.41, 5.74) is 0.778. The Morgan fingerprint density at radius 3 is 2.40 bits per heavy atom. The Bertz CT molecular complexity index is 627. The maximum Gasteiger partial charge on any atom is 0.315 e. The summed E-state index contributed by atoms with van der Waals surface area (Å²) in [4.78, 5) is 13.7. The average Bonchev–Trinajstić information content (AvgIpc) is 2.40. The number of pyridine rings is 1. The van der Waals surface area contributed by atoms with Gasteiger partial charge in [-0.3, -0.25) is 9.69 Å². The zero-order chi connectivity index (χ0) is 14.7. The molecule has 1 amide bonds. The van der Waals surface area contributed by atoms with E-state index in [4.69, 9.17) is 0 Å². The normalized spacial score (nSPS) is 10.2. The number of halogens is 1. The number of anilines is 2. The highest BCUT2D eigenvalue weighted by Crippen LogP contribution is 2.11. The van der Waals surface area contributed by atoms with E-state index in [1.54, 1.807) is 31.1 Å². The van der Waals surface area contributed by atoms with Crippen molar-refractivity contribution in [1.82, 2.24) is 0 Å². The Morgan fingerprint density at radius 2 is 1.85 bits per heavy atom. The van der Waals surface area contributed by atoms with E-state index >= 15 is 0 Å². The van der Waals surface area contributed by atoms with Crippen molar-refractivity contribution in [2.24, 2.45) is 0 Å². The fraction of sp³-hybridized carbons (Fsp3) is 0.143. The van der Waals surface area contributed by atoms with Gasteiger partial charge in [0.15, 0.2) is 0 Å². The number of hydrogen-bond donors (Lipinski definition) is 2. The van der Waals surface area contributed by atoms with Crippen molar-refractivity contribution in [2.75, 3.05) is 24.3 Å². The van der Waals surface area contributed by atoms with Crippen molar-refractivity contribution in [2.45, 2.75) is 0 Å². The molecule has 2 N–H and O–H groups in total. The first-order valence-corrected chi connectivity index (χ1v) is 5.96. The Balaban J connectivity index is 2.17. The van der Waals surface area contributed by atoms with Crippen LogP contribution in [0.1, 0.15) is 10.4 Å². The van der Waals surface area contributed by atoms with Gasteiger partial charge in [0.05, 0.1) is 19.7 Å². The number of nitrogens with zero attached hydrogens (tertiary/aromatic N) is 2. The summed E-state index contributed by atoms with van der Waals surface area (Å²) in [5, 5.41) is 12.4. The number of nitrogens with one attached hydrogen (secondary N) is 1. The third kappa shape index (κ3) is 3.03. The van der Waals surface area contributed by atoms with Crippen LogP contribution in [0, 0.1) is 5.82 Å². The number of rotatable bonds is 3. The molecule has 0 aliphatic heterocycles. The van der Waals surface area contributed by atoms with Crippen LogP contribution in [-0.4, -0.2) is 25.2 Å². The lowest BCUT2D eigenvalue weighted by Gasteiger charge is -2.08. The molecule has 104 valence electrons. The molecule has 0 aliphatic rings. The number of carbonyl (C=O) groups is 1. The molecule has 1 heterocycles. The van der Waals surface area contributed by atoms with Crippen LogP contribution in [0.25, 0.3) is 0 Å². The van der Waals surface area contributed by atoms with Gasteiger partial charge in [-0.05, 0) is 30.3 Å². The number of amides is 1. The van der Waals surface area contributed by atoms with Crippen LogP contribution in [-0.2, 0) is 0 Å². The van der Waals surface area contributed by atoms with E-state index in [-0.39, 0.29) is 11.7 Å². The lowest BCUT2D eigenvalue weighted by Crippen LogP contribution is -2.38. The van der Waals surface area contributed by atoms with Crippen molar-refractivity contribution >= 4 is 17.4 Å². The maximum atomic E-state index is 12.8. The van der Waals surface area contributed by atoms with Crippen LogP contribution in [0.2, 0.25) is 0 Å². The first-order chi connectivity index (χ1) is 9.47. The zero-order valence-corrected chi connectivity index (χ0v) is 11.2. The minimum atomic E-state index is -0.385. The van der Waals surface area contributed by atoms with E-state index in [1.807, 2.05) is 0 Å². The highest BCUT2D eigenvalue weighted by molar-refractivity contribution is 6.03. The van der Waals surface area contributed by atoms with Crippen molar-refractivity contribution in [3.63, 3.8) is 0 Å². The number of aromatic nitrogens is 1. The first kappa shape index (κ1) is 13.8. The van der Waals surface area contributed by atoms with Gasteiger partial charge in [0.25, 0.3) is 5.91 Å². The number of benzene rings is 1. The molecule has 0 saturated carbocycles. The van der Waals surface area contributed by atoms with Crippen LogP contribution in [0.5, 0.6) is 0 Å². The van der Waals surface area contributed by atoms with Crippen molar-refractivity contribution in [3.8, 4) is 0 Å². The van der Waals surface area contributed by atoms with E-state index in [9.17, 15) is 14.4 Å². The molecule has 1 aromatic carbocycles. The van der Waals surface area contributed by atoms with E-state index in [0.717, 1.165) is 4.73 Å². The minimum absolute atomic E-state index is 0.294. The fourth-order valence-corrected chi connectivity index (χ4v) is 1.71. The largest absolute Gasteiger partial charge is 0.350 e. The maximum absolute atomic E-state index is 12.8. The molecule has 0 unspecified atom stereocenters. The third-order valence-corrected chi connectivity index (χ3v) is 2.73. The summed E-state index contributed by atoms with van der Waals surface area (Å²) in [6.07, 6.45) is 1.31. The minimum Gasteiger partial charge on any atom is -0.350 e. The zero-order valence-electron chi connectivity index (χ0n) is 11.2. The molecule has 2 rings (SSSR count). The molecule has 0 bridgehead atoms. The fourth-order valence-electron chi connectivity index (χ4n) is 1.71. The summed E-state index contributed by atoms with van der Waals surface area (Å²) in [7, 11) is 3.56. The van der Waals surface area contributed by atoms with Gasteiger partial charge in [-0.15, -0.1) is 0 Å². The van der Waals surface area contributed by atoms with E-state index in [2.05, 4.69) is 5.32 Å². The second kappa shape index (κ2) is 5.56. The Morgan fingerprint density at radius 1 is 1.20 bits per heavy atom. The SMILES string of the molecule is CN(C)c1ccc(C(=O)Nc2ccc(F)cc2)c[n+]1O. The molecule has 0 aliphatic carbocycles. The van der Waals surface area contributed by atoms with Crippen LogP contribution in [0.15, 0.2) is 42.6 Å². The summed E-state index contributed by atoms with van der Waals surface area (Å²) >= 11 is 0. The topological polar surface area (TPSA) is 56.5 Å². The van der Waals surface area contributed by atoms with Crippen molar-refractivity contribution < 1.29 is 19.1 Å². The molecule has 20 heavy (non-hydrogen) atoms. The van der Waals surface area contributed by atoms with E-state index in [1.165, 1.54) is 30.5 Å². The quantitative estimate of drug-likeness (QED) is 0.662. The standard InChI is InChI=1S/C14H14FN3O2/c1-17(2)13-8-3-10(9-18(13)20)14(19)16-12-6-4-11(15)5-7-12/h3-9H,1-2H3,(H-,16,19,20)/p+1. The molecular formula is C14H15FN3O2+. The second-order valence-corrected chi connectivity index (χ2v) is 4.48. The third-order valence-electron chi connectivity index (χ3n) is 2.73. The van der Waals surface area contributed by atoms with Crippen LogP contribution in [0.3, 0.4) is 0 Å². The average molecular weight is 276 g/mol. The van der Waals surface area contributed by atoms with Crippen molar-refractivity contribution in [3.05, 3.63) is 54.0 Å². The molecule has 5 nitrogen and oxygen atoms in total.